The van der Waals surface area contributed by atoms with Gasteiger partial charge in [0, 0.05) is 10.8 Å². The summed E-state index contributed by atoms with van der Waals surface area (Å²) in [6, 6.07) is 0. The van der Waals surface area contributed by atoms with Gasteiger partial charge in [-0.2, -0.15) is 11.8 Å². The van der Waals surface area contributed by atoms with Gasteiger partial charge in [-0.1, -0.05) is 34.1 Å². The van der Waals surface area contributed by atoms with Crippen molar-refractivity contribution in [3.05, 3.63) is 0 Å². The summed E-state index contributed by atoms with van der Waals surface area (Å²) in [5.41, 5.74) is -0.113. The van der Waals surface area contributed by atoms with Crippen molar-refractivity contribution in [2.24, 2.45) is 5.92 Å². The summed E-state index contributed by atoms with van der Waals surface area (Å²) in [4.78, 5) is 0. The van der Waals surface area contributed by atoms with Gasteiger partial charge in [0.2, 0.25) is 0 Å². The summed E-state index contributed by atoms with van der Waals surface area (Å²) in [5, 5.41) is 13.6. The number of hydrogen-bond acceptors (Lipinski definition) is 3. The quantitative estimate of drug-likeness (QED) is 0.633. The zero-order chi connectivity index (χ0) is 13.3. The van der Waals surface area contributed by atoms with Crippen LogP contribution in [0.4, 0.5) is 0 Å². The molecule has 17 heavy (non-hydrogen) atoms. The van der Waals surface area contributed by atoms with Gasteiger partial charge < -0.3 is 10.4 Å². The van der Waals surface area contributed by atoms with Crippen molar-refractivity contribution < 1.29 is 5.11 Å². The zero-order valence-corrected chi connectivity index (χ0v) is 13.1. The first-order valence-electron chi connectivity index (χ1n) is 6.94. The Balaban J connectivity index is 3.99. The summed E-state index contributed by atoms with van der Waals surface area (Å²) < 4.78 is 0. The molecular formula is C14H31NOS. The molecule has 0 aromatic heterocycles. The smallest absolute Gasteiger partial charge is 0.0611 e. The van der Waals surface area contributed by atoms with Gasteiger partial charge in [-0.05, 0) is 38.0 Å². The van der Waals surface area contributed by atoms with Crippen LogP contribution in [0.1, 0.15) is 53.9 Å². The second-order valence-corrected chi connectivity index (χ2v) is 6.98. The van der Waals surface area contributed by atoms with Crippen molar-refractivity contribution in [2.45, 2.75) is 64.7 Å². The third kappa shape index (κ3) is 8.06. The summed E-state index contributed by atoms with van der Waals surface area (Å²) in [7, 11) is 0. The van der Waals surface area contributed by atoms with Crippen LogP contribution >= 0.6 is 11.8 Å². The molecule has 0 aromatic carbocycles. The van der Waals surface area contributed by atoms with E-state index in [9.17, 15) is 5.11 Å². The lowest BCUT2D eigenvalue weighted by Gasteiger charge is -2.31. The second kappa shape index (κ2) is 9.23. The average molecular weight is 261 g/mol. The van der Waals surface area contributed by atoms with Gasteiger partial charge in [0.25, 0.3) is 0 Å². The summed E-state index contributed by atoms with van der Waals surface area (Å²) in [5.74, 6) is 2.03. The van der Waals surface area contributed by atoms with Gasteiger partial charge in [-0.25, -0.2) is 0 Å². The molecule has 0 aliphatic rings. The zero-order valence-electron chi connectivity index (χ0n) is 12.3. The van der Waals surface area contributed by atoms with E-state index in [4.69, 9.17) is 0 Å². The van der Waals surface area contributed by atoms with Crippen LogP contribution in [0.5, 0.6) is 0 Å². The Morgan fingerprint density at radius 2 is 1.94 bits per heavy atom. The molecule has 0 fully saturated rings. The topological polar surface area (TPSA) is 32.3 Å². The molecule has 0 aromatic rings. The maximum absolute atomic E-state index is 9.51. The van der Waals surface area contributed by atoms with Crippen molar-refractivity contribution in [3.8, 4) is 0 Å². The van der Waals surface area contributed by atoms with Gasteiger partial charge >= 0.3 is 0 Å². The standard InChI is InChI=1S/C14H31NOS/c1-6-8-15-14(5,11-16)9-13(4)17-10-12(3)7-2/h12-13,15-16H,6-11H2,1-5H3. The Morgan fingerprint density at radius 3 is 2.41 bits per heavy atom. The van der Waals surface area contributed by atoms with Crippen LogP contribution in [-0.2, 0) is 0 Å². The number of thioether (sulfide) groups is 1. The minimum atomic E-state index is -0.113. The van der Waals surface area contributed by atoms with Crippen molar-refractivity contribution in [3.63, 3.8) is 0 Å². The highest BCUT2D eigenvalue weighted by Crippen LogP contribution is 2.24. The first-order chi connectivity index (χ1) is 7.97. The van der Waals surface area contributed by atoms with Crippen molar-refractivity contribution in [1.29, 1.82) is 0 Å². The third-order valence-corrected chi connectivity index (χ3v) is 4.75. The predicted molar refractivity (Wildman–Crippen MR) is 79.8 cm³/mol. The molecule has 3 unspecified atom stereocenters. The minimum absolute atomic E-state index is 0.113. The molecule has 0 heterocycles. The van der Waals surface area contributed by atoms with E-state index in [1.807, 2.05) is 11.8 Å². The molecule has 0 radical (unpaired) electrons. The monoisotopic (exact) mass is 261 g/mol. The summed E-state index contributed by atoms with van der Waals surface area (Å²) in [6.07, 6.45) is 3.40. The largest absolute Gasteiger partial charge is 0.394 e. The highest BCUT2D eigenvalue weighted by molar-refractivity contribution is 7.99. The Kier molecular flexibility index (Phi) is 9.38. The fraction of sp³-hybridized carbons (Fsp3) is 1.00. The van der Waals surface area contributed by atoms with Gasteiger partial charge in [-0.3, -0.25) is 0 Å². The summed E-state index contributed by atoms with van der Waals surface area (Å²) in [6.45, 7) is 12.3. The molecule has 0 spiro atoms. The summed E-state index contributed by atoms with van der Waals surface area (Å²) >= 11 is 2.03. The van der Waals surface area contributed by atoms with Crippen LogP contribution in [0.2, 0.25) is 0 Å². The number of nitrogens with one attached hydrogen (secondary N) is 1. The fourth-order valence-electron chi connectivity index (χ4n) is 1.76. The Morgan fingerprint density at radius 1 is 1.29 bits per heavy atom. The third-order valence-electron chi connectivity index (χ3n) is 3.25. The molecule has 2 N–H and O–H groups in total. The van der Waals surface area contributed by atoms with E-state index in [0.29, 0.717) is 5.25 Å². The fourth-order valence-corrected chi connectivity index (χ4v) is 3.14. The molecule has 0 bridgehead atoms. The van der Waals surface area contributed by atoms with Crippen LogP contribution in [0.15, 0.2) is 0 Å². The maximum Gasteiger partial charge on any atom is 0.0611 e. The van der Waals surface area contributed by atoms with Gasteiger partial charge in [0.15, 0.2) is 0 Å². The maximum atomic E-state index is 9.51. The SMILES string of the molecule is CCCNC(C)(CO)CC(C)SCC(C)CC. The Labute approximate surface area is 112 Å². The predicted octanol–water partition coefficient (Wildman–Crippen LogP) is 3.29. The van der Waals surface area contributed by atoms with Crippen LogP contribution in [0.3, 0.4) is 0 Å². The van der Waals surface area contributed by atoms with Crippen molar-refractivity contribution >= 4 is 11.8 Å². The first-order valence-corrected chi connectivity index (χ1v) is 7.99. The van der Waals surface area contributed by atoms with Gasteiger partial charge in [0.05, 0.1) is 6.61 Å². The molecule has 2 nitrogen and oxygen atoms in total. The van der Waals surface area contributed by atoms with Crippen LogP contribution < -0.4 is 5.32 Å². The molecule has 0 rings (SSSR count). The Bertz CT molecular complexity index is 189. The van der Waals surface area contributed by atoms with Crippen LogP contribution in [0.25, 0.3) is 0 Å². The first kappa shape index (κ1) is 17.3. The average Bonchev–Trinajstić information content (AvgIpc) is 2.33. The highest BCUT2D eigenvalue weighted by atomic mass is 32.2. The van der Waals surface area contributed by atoms with E-state index in [0.717, 1.165) is 25.3 Å². The molecular weight excluding hydrogens is 230 g/mol. The highest BCUT2D eigenvalue weighted by Gasteiger charge is 2.25. The minimum Gasteiger partial charge on any atom is -0.394 e. The molecule has 3 heteroatoms. The van der Waals surface area contributed by atoms with E-state index in [-0.39, 0.29) is 12.1 Å². The van der Waals surface area contributed by atoms with Gasteiger partial charge in [0.1, 0.15) is 0 Å². The number of aliphatic hydroxyl groups is 1. The van der Waals surface area contributed by atoms with Crippen molar-refractivity contribution in [1.82, 2.24) is 5.32 Å². The normalized spacial score (nSPS) is 18.7. The molecule has 0 saturated carbocycles. The number of rotatable bonds is 10. The van der Waals surface area contributed by atoms with E-state index < -0.39 is 0 Å². The van der Waals surface area contributed by atoms with E-state index in [1.165, 1.54) is 12.2 Å². The van der Waals surface area contributed by atoms with Crippen molar-refractivity contribution in [2.75, 3.05) is 18.9 Å². The molecule has 3 atom stereocenters. The molecule has 0 aliphatic heterocycles. The Hall–Kier alpha value is 0.270. The lowest BCUT2D eigenvalue weighted by atomic mass is 9.97. The molecule has 0 aliphatic carbocycles. The van der Waals surface area contributed by atoms with Crippen LogP contribution in [-0.4, -0.2) is 34.8 Å². The lowest BCUT2D eigenvalue weighted by Crippen LogP contribution is -2.47. The van der Waals surface area contributed by atoms with Crippen LogP contribution in [0, 0.1) is 5.92 Å². The van der Waals surface area contributed by atoms with E-state index in [2.05, 4.69) is 39.9 Å². The molecule has 104 valence electrons. The molecule has 0 amide bonds. The lowest BCUT2D eigenvalue weighted by molar-refractivity contribution is 0.166. The van der Waals surface area contributed by atoms with E-state index in [1.54, 1.807) is 0 Å². The number of aliphatic hydroxyl groups excluding tert-OH is 1. The van der Waals surface area contributed by atoms with Gasteiger partial charge in [-0.15, -0.1) is 0 Å². The molecule has 0 saturated heterocycles. The second-order valence-electron chi connectivity index (χ2n) is 5.51. The number of hydrogen-bond donors (Lipinski definition) is 2. The van der Waals surface area contributed by atoms with E-state index >= 15 is 0 Å².